The Kier molecular flexibility index (Phi) is 3.52. The molecule has 3 nitrogen and oxygen atoms in total. The first kappa shape index (κ1) is 12.2. The van der Waals surface area contributed by atoms with E-state index in [1.165, 1.54) is 0 Å². The number of nitrogens with zero attached hydrogens (tertiary/aromatic N) is 1. The van der Waals surface area contributed by atoms with Crippen LogP contribution in [0.4, 0.5) is 0 Å². The fourth-order valence-electron chi connectivity index (χ4n) is 1.66. The fraction of sp³-hybridized carbons (Fsp3) is 0.308. The zero-order chi connectivity index (χ0) is 12.4. The third-order valence-corrected chi connectivity index (χ3v) is 2.96. The molecule has 1 aromatic heterocycles. The maximum atomic E-state index is 9.83. The van der Waals surface area contributed by atoms with E-state index in [-0.39, 0.29) is 5.88 Å². The molecule has 17 heavy (non-hydrogen) atoms. The summed E-state index contributed by atoms with van der Waals surface area (Å²) < 4.78 is 0.988. The predicted molar refractivity (Wildman–Crippen MR) is 75.0 cm³/mol. The Hall–Kier alpha value is -1.29. The highest BCUT2D eigenvalue weighted by Gasteiger charge is 2.08. The zero-order valence-corrected chi connectivity index (χ0v) is 11.5. The van der Waals surface area contributed by atoms with Gasteiger partial charge in [-0.3, -0.25) is 4.99 Å². The standard InChI is InChI=1S/C13H15BrN2O/c1-8(2)6-15-7-11-10-5-9(14)3-4-12(10)16-13(11)17/h3-5,7-8,16-17H,6H2,1-2H3. The molecule has 4 heteroatoms. The van der Waals surface area contributed by atoms with Crippen molar-refractivity contribution in [3.63, 3.8) is 0 Å². The second-order valence-corrected chi connectivity index (χ2v) is 5.38. The molecule has 0 unspecified atom stereocenters. The van der Waals surface area contributed by atoms with Gasteiger partial charge in [-0.2, -0.15) is 0 Å². The van der Waals surface area contributed by atoms with Crippen LogP contribution in [-0.2, 0) is 0 Å². The van der Waals surface area contributed by atoms with Crippen LogP contribution >= 0.6 is 15.9 Å². The van der Waals surface area contributed by atoms with Gasteiger partial charge in [0.15, 0.2) is 5.88 Å². The van der Waals surface area contributed by atoms with Gasteiger partial charge in [0, 0.05) is 28.1 Å². The number of aromatic hydroxyl groups is 1. The molecular formula is C13H15BrN2O. The first-order valence-electron chi connectivity index (χ1n) is 5.58. The van der Waals surface area contributed by atoms with Crippen LogP contribution in [0.5, 0.6) is 5.88 Å². The summed E-state index contributed by atoms with van der Waals surface area (Å²) in [6.45, 7) is 4.99. The van der Waals surface area contributed by atoms with Crippen molar-refractivity contribution in [3.05, 3.63) is 28.2 Å². The summed E-state index contributed by atoms with van der Waals surface area (Å²) in [5.74, 6) is 0.691. The van der Waals surface area contributed by atoms with Gasteiger partial charge in [-0.25, -0.2) is 0 Å². The van der Waals surface area contributed by atoms with Crippen molar-refractivity contribution < 1.29 is 5.11 Å². The Morgan fingerprint density at radius 3 is 2.94 bits per heavy atom. The maximum Gasteiger partial charge on any atom is 0.198 e. The molecule has 0 saturated carbocycles. The van der Waals surface area contributed by atoms with Gasteiger partial charge in [-0.05, 0) is 24.1 Å². The molecule has 0 aliphatic carbocycles. The third-order valence-electron chi connectivity index (χ3n) is 2.47. The number of halogens is 1. The molecule has 90 valence electrons. The number of benzene rings is 1. The Morgan fingerprint density at radius 1 is 1.47 bits per heavy atom. The molecule has 1 heterocycles. The van der Waals surface area contributed by atoms with E-state index in [9.17, 15) is 5.11 Å². The molecule has 1 aromatic carbocycles. The lowest BCUT2D eigenvalue weighted by atomic mass is 10.2. The first-order chi connectivity index (χ1) is 8.08. The largest absolute Gasteiger partial charge is 0.494 e. The van der Waals surface area contributed by atoms with Crippen LogP contribution in [0.25, 0.3) is 10.9 Å². The number of aromatic amines is 1. The van der Waals surface area contributed by atoms with Crippen LogP contribution in [0.3, 0.4) is 0 Å². The number of H-pyrrole nitrogens is 1. The smallest absolute Gasteiger partial charge is 0.198 e. The van der Waals surface area contributed by atoms with Gasteiger partial charge in [0.05, 0.1) is 5.56 Å². The van der Waals surface area contributed by atoms with Crippen LogP contribution in [0.2, 0.25) is 0 Å². The Labute approximate surface area is 109 Å². The lowest BCUT2D eigenvalue weighted by Gasteiger charge is -1.97. The van der Waals surface area contributed by atoms with Crippen molar-refractivity contribution in [1.82, 2.24) is 4.98 Å². The van der Waals surface area contributed by atoms with Gasteiger partial charge in [0.1, 0.15) is 0 Å². The summed E-state index contributed by atoms with van der Waals surface area (Å²) in [6, 6.07) is 5.84. The average Bonchev–Trinajstić information content (AvgIpc) is 2.55. The number of nitrogens with one attached hydrogen (secondary N) is 1. The Balaban J connectivity index is 2.41. The van der Waals surface area contributed by atoms with E-state index in [1.54, 1.807) is 6.21 Å². The van der Waals surface area contributed by atoms with Crippen LogP contribution in [0, 0.1) is 5.92 Å². The van der Waals surface area contributed by atoms with E-state index in [4.69, 9.17) is 0 Å². The van der Waals surface area contributed by atoms with Crippen molar-refractivity contribution >= 4 is 33.0 Å². The van der Waals surface area contributed by atoms with Gasteiger partial charge < -0.3 is 10.1 Å². The van der Waals surface area contributed by atoms with Crippen LogP contribution in [-0.4, -0.2) is 22.8 Å². The molecule has 0 atom stereocenters. The number of hydrogen-bond acceptors (Lipinski definition) is 2. The minimum absolute atomic E-state index is 0.172. The van der Waals surface area contributed by atoms with Crippen LogP contribution in [0.15, 0.2) is 27.7 Å². The van der Waals surface area contributed by atoms with Crippen molar-refractivity contribution in [1.29, 1.82) is 0 Å². The average molecular weight is 295 g/mol. The number of aliphatic imine (C=N–C) groups is 1. The molecule has 0 amide bonds. The van der Waals surface area contributed by atoms with Crippen molar-refractivity contribution in [2.75, 3.05) is 6.54 Å². The quantitative estimate of drug-likeness (QED) is 0.833. The monoisotopic (exact) mass is 294 g/mol. The number of aromatic nitrogens is 1. The fourth-order valence-corrected chi connectivity index (χ4v) is 2.02. The lowest BCUT2D eigenvalue weighted by Crippen LogP contribution is -1.92. The molecular weight excluding hydrogens is 280 g/mol. The number of rotatable bonds is 3. The van der Waals surface area contributed by atoms with Crippen molar-refractivity contribution in [2.24, 2.45) is 10.9 Å². The minimum Gasteiger partial charge on any atom is -0.494 e. The highest BCUT2D eigenvalue weighted by molar-refractivity contribution is 9.10. The second-order valence-electron chi connectivity index (χ2n) is 4.47. The van der Waals surface area contributed by atoms with Crippen molar-refractivity contribution in [2.45, 2.75) is 13.8 Å². The summed E-state index contributed by atoms with van der Waals surface area (Å²) in [5, 5.41) is 10.8. The van der Waals surface area contributed by atoms with Crippen LogP contribution in [0.1, 0.15) is 19.4 Å². The van der Waals surface area contributed by atoms with Gasteiger partial charge in [-0.15, -0.1) is 0 Å². The topological polar surface area (TPSA) is 48.4 Å². The van der Waals surface area contributed by atoms with E-state index in [0.717, 1.165) is 27.5 Å². The van der Waals surface area contributed by atoms with E-state index in [0.29, 0.717) is 5.92 Å². The lowest BCUT2D eigenvalue weighted by molar-refractivity contribution is 0.457. The highest BCUT2D eigenvalue weighted by Crippen LogP contribution is 2.28. The van der Waals surface area contributed by atoms with Gasteiger partial charge in [0.25, 0.3) is 0 Å². The Morgan fingerprint density at radius 2 is 2.24 bits per heavy atom. The molecule has 0 aliphatic heterocycles. The van der Waals surface area contributed by atoms with E-state index in [2.05, 4.69) is 39.8 Å². The molecule has 2 aromatic rings. The molecule has 0 spiro atoms. The summed E-state index contributed by atoms with van der Waals surface area (Å²) >= 11 is 3.43. The first-order valence-corrected chi connectivity index (χ1v) is 6.37. The summed E-state index contributed by atoms with van der Waals surface area (Å²) in [6.07, 6.45) is 1.74. The zero-order valence-electron chi connectivity index (χ0n) is 9.87. The van der Waals surface area contributed by atoms with E-state index in [1.807, 2.05) is 18.2 Å². The summed E-state index contributed by atoms with van der Waals surface area (Å²) in [5.41, 5.74) is 1.67. The molecule has 0 aliphatic rings. The summed E-state index contributed by atoms with van der Waals surface area (Å²) in [7, 11) is 0. The molecule has 0 bridgehead atoms. The SMILES string of the molecule is CC(C)CN=Cc1c(O)[nH]c2ccc(Br)cc12. The van der Waals surface area contributed by atoms with E-state index >= 15 is 0 Å². The third kappa shape index (κ3) is 2.69. The molecule has 0 saturated heterocycles. The van der Waals surface area contributed by atoms with Gasteiger partial charge >= 0.3 is 0 Å². The second kappa shape index (κ2) is 4.92. The maximum absolute atomic E-state index is 9.83. The van der Waals surface area contributed by atoms with Gasteiger partial charge in [0.2, 0.25) is 0 Å². The summed E-state index contributed by atoms with van der Waals surface area (Å²) in [4.78, 5) is 7.27. The predicted octanol–water partition coefficient (Wildman–Crippen LogP) is 3.71. The van der Waals surface area contributed by atoms with E-state index < -0.39 is 0 Å². The number of hydrogen-bond donors (Lipinski definition) is 2. The Bertz CT molecular complexity index is 558. The van der Waals surface area contributed by atoms with Crippen molar-refractivity contribution in [3.8, 4) is 5.88 Å². The van der Waals surface area contributed by atoms with Gasteiger partial charge in [-0.1, -0.05) is 29.8 Å². The molecule has 0 fully saturated rings. The molecule has 2 rings (SSSR count). The molecule has 0 radical (unpaired) electrons. The minimum atomic E-state index is 0.172. The normalized spacial score (nSPS) is 12.0. The highest BCUT2D eigenvalue weighted by atomic mass is 79.9. The number of fused-ring (bicyclic) bond motifs is 1. The van der Waals surface area contributed by atoms with Crippen LogP contribution < -0.4 is 0 Å². The molecule has 2 N–H and O–H groups in total.